The van der Waals surface area contributed by atoms with Crippen molar-refractivity contribution >= 4 is 57.4 Å². The Kier molecular flexibility index (Phi) is 10.3. The first-order valence-corrected chi connectivity index (χ1v) is 27.3. The van der Waals surface area contributed by atoms with Crippen LogP contribution in [0.1, 0.15) is 130 Å². The molecule has 0 fully saturated rings. The third kappa shape index (κ3) is 7.21. The molecule has 9 aromatic rings. The van der Waals surface area contributed by atoms with Gasteiger partial charge in [0.15, 0.2) is 0 Å². The van der Waals surface area contributed by atoms with E-state index in [2.05, 4.69) is 256 Å². The van der Waals surface area contributed by atoms with Gasteiger partial charge < -0.3 is 9.23 Å². The van der Waals surface area contributed by atoms with Crippen LogP contribution in [0.25, 0.3) is 55.5 Å². The van der Waals surface area contributed by atoms with E-state index < -0.39 is 0 Å². The smallest absolute Gasteiger partial charge is 0.337 e. The lowest BCUT2D eigenvalue weighted by Gasteiger charge is -2.46. The van der Waals surface area contributed by atoms with E-state index >= 15 is 0 Å². The molecule has 8 aromatic carbocycles. The van der Waals surface area contributed by atoms with Crippen molar-refractivity contribution in [3.8, 4) is 44.5 Å². The van der Waals surface area contributed by atoms with Crippen molar-refractivity contribution in [1.82, 2.24) is 0 Å². The van der Waals surface area contributed by atoms with E-state index in [1.807, 2.05) is 0 Å². The molecule has 4 aliphatic rings. The standard InChI is InChI=1S/C70H69BN2O/c1-66(2,3)49-28-32-59(51(40-49)46-25-19-14-20-26-46)72-61-39-48(45-23-17-13-18-24-45)38-53-52-37-47(44-21-15-12-16-22-44)27-31-60(52)73(50-29-30-55-56(41-50)68(6,7)34-33-67(55,4)5)71(63(53)61)64-54-42-57-58(43-62(54)74-65(64)72)70(10,11)36-35-69(57,8)9/h12-32,37-43H,33-36H2,1-11H3. The summed E-state index contributed by atoms with van der Waals surface area (Å²) in [5.41, 5.74) is 24.9. The minimum atomic E-state index is -0.225. The zero-order chi connectivity index (χ0) is 51.3. The molecule has 0 spiro atoms. The molecular formula is C70H69BN2O. The molecule has 13 rings (SSSR count). The van der Waals surface area contributed by atoms with Crippen molar-refractivity contribution in [3.05, 3.63) is 198 Å². The Labute approximate surface area is 440 Å². The SMILES string of the molecule is CC(C)(C)c1ccc(N2c3cc(-c4ccccc4)cc4c3B(c3c2oc2cc5c(cc32)C(C)(C)CCC5(C)C)N(c2ccc3c(c2)C(C)(C)CCC3(C)C)c2ccc(-c3ccccc3)cc2-4)c(-c2ccccc2)c1. The summed E-state index contributed by atoms with van der Waals surface area (Å²) in [7, 11) is 0. The molecule has 0 unspecified atom stereocenters. The van der Waals surface area contributed by atoms with Gasteiger partial charge in [0, 0.05) is 39.0 Å². The highest BCUT2D eigenvalue weighted by Gasteiger charge is 2.50. The summed E-state index contributed by atoms with van der Waals surface area (Å²) in [6, 6.07) is 64.9. The minimum absolute atomic E-state index is 0.00195. The van der Waals surface area contributed by atoms with E-state index in [1.165, 1.54) is 106 Å². The van der Waals surface area contributed by atoms with Crippen LogP contribution in [-0.4, -0.2) is 6.85 Å². The second kappa shape index (κ2) is 16.2. The molecular weight excluding hydrogens is 896 g/mol. The van der Waals surface area contributed by atoms with Crippen LogP contribution in [0.4, 0.5) is 28.6 Å². The van der Waals surface area contributed by atoms with Gasteiger partial charge in [0.25, 0.3) is 0 Å². The molecule has 0 N–H and O–H groups in total. The Morgan fingerprint density at radius 2 is 0.959 bits per heavy atom. The van der Waals surface area contributed by atoms with Crippen molar-refractivity contribution in [2.75, 3.05) is 9.71 Å². The summed E-state index contributed by atoms with van der Waals surface area (Å²) in [4.78, 5) is 5.25. The Bertz CT molecular complexity index is 3720. The van der Waals surface area contributed by atoms with Gasteiger partial charge in [-0.1, -0.05) is 185 Å². The van der Waals surface area contributed by atoms with E-state index in [0.29, 0.717) is 0 Å². The van der Waals surface area contributed by atoms with Crippen LogP contribution in [-0.2, 0) is 27.1 Å². The third-order valence-electron chi connectivity index (χ3n) is 18.2. The van der Waals surface area contributed by atoms with E-state index in [1.54, 1.807) is 0 Å². The van der Waals surface area contributed by atoms with Crippen LogP contribution in [0.3, 0.4) is 0 Å². The van der Waals surface area contributed by atoms with E-state index in [-0.39, 0.29) is 33.9 Å². The van der Waals surface area contributed by atoms with Crippen molar-refractivity contribution in [1.29, 1.82) is 0 Å². The van der Waals surface area contributed by atoms with E-state index in [4.69, 9.17) is 4.42 Å². The van der Waals surface area contributed by atoms with Crippen LogP contribution in [0.2, 0.25) is 0 Å². The van der Waals surface area contributed by atoms with Gasteiger partial charge in [-0.3, -0.25) is 4.90 Å². The zero-order valence-corrected chi connectivity index (χ0v) is 45.4. The lowest BCUT2D eigenvalue weighted by molar-refractivity contribution is 0.332. The fourth-order valence-electron chi connectivity index (χ4n) is 13.4. The average molecular weight is 965 g/mol. The predicted molar refractivity (Wildman–Crippen MR) is 316 cm³/mol. The summed E-state index contributed by atoms with van der Waals surface area (Å²) in [5, 5.41) is 1.20. The molecule has 2 aliphatic heterocycles. The maximum Gasteiger partial charge on any atom is 0.337 e. The molecule has 0 saturated heterocycles. The predicted octanol–water partition coefficient (Wildman–Crippen LogP) is 18.1. The van der Waals surface area contributed by atoms with Gasteiger partial charge in [-0.15, -0.1) is 0 Å². The molecule has 1 aromatic heterocycles. The molecule has 0 amide bonds. The van der Waals surface area contributed by atoms with Crippen LogP contribution in [0.15, 0.2) is 174 Å². The van der Waals surface area contributed by atoms with E-state index in [0.717, 1.165) is 42.1 Å². The van der Waals surface area contributed by atoms with Gasteiger partial charge in [-0.25, -0.2) is 0 Å². The van der Waals surface area contributed by atoms with Crippen LogP contribution in [0.5, 0.6) is 0 Å². The number of benzene rings is 8. The highest BCUT2D eigenvalue weighted by Crippen LogP contribution is 2.55. The maximum absolute atomic E-state index is 7.77. The average Bonchev–Trinajstić information content (AvgIpc) is 3.77. The summed E-state index contributed by atoms with van der Waals surface area (Å²) in [6.45, 7) is 26.3. The Hall–Kier alpha value is -7.04. The lowest BCUT2D eigenvalue weighted by Crippen LogP contribution is -2.61. The van der Waals surface area contributed by atoms with Crippen LogP contribution < -0.4 is 20.6 Å². The molecule has 0 saturated carbocycles. The molecule has 0 atom stereocenters. The molecule has 0 radical (unpaired) electrons. The van der Waals surface area contributed by atoms with Crippen molar-refractivity contribution in [2.45, 2.75) is 129 Å². The largest absolute Gasteiger partial charge is 0.440 e. The highest BCUT2D eigenvalue weighted by atomic mass is 16.4. The molecule has 3 heterocycles. The summed E-state index contributed by atoms with van der Waals surface area (Å²) in [5.74, 6) is 0.890. The summed E-state index contributed by atoms with van der Waals surface area (Å²) >= 11 is 0. The maximum atomic E-state index is 7.77. The Morgan fingerprint density at radius 3 is 1.58 bits per heavy atom. The van der Waals surface area contributed by atoms with Crippen molar-refractivity contribution in [3.63, 3.8) is 0 Å². The normalized spacial score (nSPS) is 17.5. The summed E-state index contributed by atoms with van der Waals surface area (Å²) in [6.07, 6.45) is 4.58. The Balaban J connectivity index is 1.20. The second-order valence-electron chi connectivity index (χ2n) is 25.9. The van der Waals surface area contributed by atoms with Gasteiger partial charge in [-0.2, -0.15) is 0 Å². The molecule has 3 nitrogen and oxygen atoms in total. The molecule has 74 heavy (non-hydrogen) atoms. The summed E-state index contributed by atoms with van der Waals surface area (Å²) < 4.78 is 7.77. The first-order chi connectivity index (χ1) is 35.3. The molecule has 4 heteroatoms. The monoisotopic (exact) mass is 965 g/mol. The van der Waals surface area contributed by atoms with Crippen LogP contribution in [0, 0.1) is 0 Å². The fraction of sp³-hybridized carbons (Fsp3) is 0.286. The quantitative estimate of drug-likeness (QED) is 0.160. The first-order valence-electron chi connectivity index (χ1n) is 27.3. The first kappa shape index (κ1) is 46.7. The number of furan rings is 1. The van der Waals surface area contributed by atoms with Gasteiger partial charge >= 0.3 is 6.85 Å². The Morgan fingerprint density at radius 1 is 0.419 bits per heavy atom. The number of rotatable bonds is 5. The second-order valence-corrected chi connectivity index (χ2v) is 25.9. The number of nitrogens with zero attached hydrogens (tertiary/aromatic N) is 2. The lowest BCUT2D eigenvalue weighted by atomic mass is 9.43. The molecule has 368 valence electrons. The van der Waals surface area contributed by atoms with E-state index in [9.17, 15) is 0 Å². The molecule has 2 aliphatic carbocycles. The van der Waals surface area contributed by atoms with Gasteiger partial charge in [-0.05, 0) is 180 Å². The minimum Gasteiger partial charge on any atom is -0.440 e. The zero-order valence-electron chi connectivity index (χ0n) is 45.4. The number of hydrogen-bond donors (Lipinski definition) is 0. The number of anilines is 5. The fourth-order valence-corrected chi connectivity index (χ4v) is 13.4. The topological polar surface area (TPSA) is 19.6 Å². The number of fused-ring (bicyclic) bond motifs is 8. The van der Waals surface area contributed by atoms with Gasteiger partial charge in [0.05, 0.1) is 5.69 Å². The molecule has 0 bridgehead atoms. The van der Waals surface area contributed by atoms with Gasteiger partial charge in [0.2, 0.25) is 5.88 Å². The van der Waals surface area contributed by atoms with Gasteiger partial charge in [0.1, 0.15) is 5.58 Å². The highest BCUT2D eigenvalue weighted by molar-refractivity contribution is 6.95. The number of hydrogen-bond acceptors (Lipinski definition) is 3. The van der Waals surface area contributed by atoms with Crippen molar-refractivity contribution in [2.24, 2.45) is 0 Å². The van der Waals surface area contributed by atoms with Crippen LogP contribution >= 0.6 is 0 Å². The van der Waals surface area contributed by atoms with Crippen molar-refractivity contribution < 1.29 is 4.42 Å². The third-order valence-corrected chi connectivity index (χ3v) is 18.2.